The zero-order valence-electron chi connectivity index (χ0n) is 58.4. The number of aryl methyl sites for hydroxylation is 2. The van der Waals surface area contributed by atoms with Gasteiger partial charge in [-0.3, -0.25) is 0 Å². The van der Waals surface area contributed by atoms with Crippen LogP contribution < -0.4 is 0 Å². The first-order valence-corrected chi connectivity index (χ1v) is 43.2. The van der Waals surface area contributed by atoms with E-state index in [1.165, 1.54) is 361 Å². The lowest BCUT2D eigenvalue weighted by molar-refractivity contribution is 0.400. The maximum atomic E-state index is 2.68. The molecule has 2 unspecified atom stereocenters. The fraction of sp³-hybridized carbons (Fsp3) is 0.581. The molecule has 0 saturated heterocycles. The molecular formula is C86H118S6. The summed E-state index contributed by atoms with van der Waals surface area (Å²) in [5.74, 6) is 1.52. The molecular weight excluding hydrogens is 1230 g/mol. The molecule has 10 aromatic rings. The molecule has 0 saturated carbocycles. The minimum atomic E-state index is 0.731. The second-order valence-electron chi connectivity index (χ2n) is 28.6. The maximum Gasteiger partial charge on any atom is 0.0636 e. The third kappa shape index (κ3) is 20.4. The van der Waals surface area contributed by atoms with Crippen LogP contribution in [0.15, 0.2) is 84.9 Å². The van der Waals surface area contributed by atoms with E-state index >= 15 is 0 Å². The normalized spacial score (nSPS) is 12.9. The minimum absolute atomic E-state index is 0.731. The summed E-state index contributed by atoms with van der Waals surface area (Å²) in [5, 5.41) is 8.25. The number of unbranched alkanes of at least 4 members (excludes halogenated alkanes) is 32. The van der Waals surface area contributed by atoms with E-state index < -0.39 is 0 Å². The van der Waals surface area contributed by atoms with E-state index in [2.05, 4.69) is 183 Å². The van der Waals surface area contributed by atoms with Crippen LogP contribution in [0.5, 0.6) is 0 Å². The minimum Gasteiger partial charge on any atom is -0.139 e. The molecule has 0 aliphatic heterocycles. The van der Waals surface area contributed by atoms with Crippen molar-refractivity contribution >= 4 is 129 Å². The van der Waals surface area contributed by atoms with Crippen LogP contribution >= 0.6 is 68.0 Å². The second-order valence-corrected chi connectivity index (χ2v) is 35.2. The van der Waals surface area contributed by atoms with E-state index in [1.54, 1.807) is 20.9 Å². The number of rotatable bonds is 47. The van der Waals surface area contributed by atoms with Gasteiger partial charge in [0.1, 0.15) is 0 Å². The van der Waals surface area contributed by atoms with Crippen LogP contribution in [0.2, 0.25) is 0 Å². The fourth-order valence-electron chi connectivity index (χ4n) is 15.3. The van der Waals surface area contributed by atoms with Gasteiger partial charge in [0.2, 0.25) is 0 Å². The lowest BCUT2D eigenvalue weighted by atomic mass is 9.88. The quantitative estimate of drug-likeness (QED) is 0.0334. The van der Waals surface area contributed by atoms with Gasteiger partial charge < -0.3 is 0 Å². The van der Waals surface area contributed by atoms with Gasteiger partial charge in [0.05, 0.1) is 9.40 Å². The van der Waals surface area contributed by atoms with Gasteiger partial charge in [-0.2, -0.15) is 0 Å². The van der Waals surface area contributed by atoms with Crippen molar-refractivity contribution in [2.75, 3.05) is 0 Å². The van der Waals surface area contributed by atoms with E-state index in [-0.39, 0.29) is 0 Å². The number of thiophene rings is 6. The first-order valence-electron chi connectivity index (χ1n) is 38.3. The summed E-state index contributed by atoms with van der Waals surface area (Å²) in [4.78, 5) is 9.06. The molecule has 4 aromatic carbocycles. The highest BCUT2D eigenvalue weighted by Crippen LogP contribution is 2.53. The third-order valence-electron chi connectivity index (χ3n) is 20.8. The number of hydrogen-bond donors (Lipinski definition) is 0. The number of fused-ring (bicyclic) bond motifs is 10. The van der Waals surface area contributed by atoms with Gasteiger partial charge in [0, 0.05) is 58.8 Å². The molecule has 0 nitrogen and oxygen atoms in total. The molecule has 6 heteroatoms. The van der Waals surface area contributed by atoms with E-state index in [4.69, 9.17) is 0 Å². The molecule has 498 valence electrons. The summed E-state index contributed by atoms with van der Waals surface area (Å²) >= 11 is 12.5. The molecule has 0 amide bonds. The van der Waals surface area contributed by atoms with Gasteiger partial charge in [-0.1, -0.05) is 345 Å². The standard InChI is InChI=1S/C86H118S6/c1-7-11-15-19-23-27-29-33-37-40-44-65(43-39-35-31-25-21-17-13-9-3)57-70-56-64(6)87-81(70)77-61-79-85(90-77)86-80(88-79)62-78(91-86)82-71(58-66(45-41-36-32-26-22-18-14-10-4)46-42-38-34-30-28-24-20-16-12-8-2)60-76(89-82)69-50-52-73-68(59-69)49-54-75-74-53-48-67-55-63(5)47-51-72(67)83(74)92-84(73)75/h47-56,59-62,65-66H,7-46,57-58H2,1-6H3. The molecule has 0 aliphatic rings. The summed E-state index contributed by atoms with van der Waals surface area (Å²) in [6.45, 7) is 13.9. The van der Waals surface area contributed by atoms with Crippen LogP contribution in [-0.2, 0) is 12.8 Å². The van der Waals surface area contributed by atoms with Crippen molar-refractivity contribution in [3.05, 3.63) is 106 Å². The van der Waals surface area contributed by atoms with E-state index in [0.717, 1.165) is 11.8 Å². The molecule has 6 aromatic heterocycles. The Morgan fingerprint density at radius 2 is 0.652 bits per heavy atom. The van der Waals surface area contributed by atoms with Gasteiger partial charge in [-0.15, -0.1) is 68.0 Å². The van der Waals surface area contributed by atoms with Crippen LogP contribution in [0.4, 0.5) is 0 Å². The molecule has 0 radical (unpaired) electrons. The van der Waals surface area contributed by atoms with Crippen molar-refractivity contribution < 1.29 is 0 Å². The monoisotopic (exact) mass is 1340 g/mol. The second kappa shape index (κ2) is 38.5. The molecule has 10 rings (SSSR count). The molecule has 92 heavy (non-hydrogen) atoms. The Balaban J connectivity index is 0.910. The van der Waals surface area contributed by atoms with E-state index in [9.17, 15) is 0 Å². The highest BCUT2D eigenvalue weighted by atomic mass is 32.1. The number of hydrogen-bond acceptors (Lipinski definition) is 6. The predicted octanol–water partition coefficient (Wildman–Crippen LogP) is 32.6. The highest BCUT2D eigenvalue weighted by Gasteiger charge is 2.24. The first-order chi connectivity index (χ1) is 45.3. The summed E-state index contributed by atoms with van der Waals surface area (Å²) in [5.41, 5.74) is 5.95. The lowest BCUT2D eigenvalue weighted by Gasteiger charge is -2.17. The highest BCUT2D eigenvalue weighted by molar-refractivity contribution is 7.41. The van der Waals surface area contributed by atoms with Crippen molar-refractivity contribution in [1.29, 1.82) is 0 Å². The van der Waals surface area contributed by atoms with Gasteiger partial charge in [0.25, 0.3) is 0 Å². The Morgan fingerprint density at radius 1 is 0.283 bits per heavy atom. The largest absolute Gasteiger partial charge is 0.139 e. The lowest BCUT2D eigenvalue weighted by Crippen LogP contribution is -2.05. The Morgan fingerprint density at radius 3 is 1.09 bits per heavy atom. The van der Waals surface area contributed by atoms with Gasteiger partial charge in [-0.05, 0) is 107 Å². The van der Waals surface area contributed by atoms with Gasteiger partial charge >= 0.3 is 0 Å². The molecule has 0 aliphatic carbocycles. The van der Waals surface area contributed by atoms with Crippen LogP contribution in [0.1, 0.15) is 306 Å². The number of benzene rings is 4. The molecule has 0 N–H and O–H groups in total. The Bertz CT molecular complexity index is 3750. The average Bonchev–Trinajstić information content (AvgIpc) is 1.60. The summed E-state index contributed by atoms with van der Waals surface area (Å²) in [6.07, 6.45) is 58.8. The van der Waals surface area contributed by atoms with Crippen molar-refractivity contribution in [2.24, 2.45) is 11.8 Å². The molecule has 0 fully saturated rings. The topological polar surface area (TPSA) is 0 Å². The van der Waals surface area contributed by atoms with Crippen LogP contribution in [0.3, 0.4) is 0 Å². The summed E-state index contributed by atoms with van der Waals surface area (Å²) in [7, 11) is 0. The van der Waals surface area contributed by atoms with Crippen molar-refractivity contribution in [3.8, 4) is 29.9 Å². The summed E-state index contributed by atoms with van der Waals surface area (Å²) in [6, 6.07) is 34.5. The Kier molecular flexibility index (Phi) is 29.9. The third-order valence-corrected chi connectivity index (χ3v) is 28.5. The SMILES string of the molecule is CCCCCCCCCCCCC(CCCCCCCCCC)Cc1cc(C)sc1-c1cc2sc3cc(-c4sc(-c5ccc6c(ccc7c8ccc9cc(C)ccc9c8sc67)c5)cc4CC(CCCCCCCCCC)CCCCCCCCCCCC)sc3c2s1. The van der Waals surface area contributed by atoms with Crippen molar-refractivity contribution in [3.63, 3.8) is 0 Å². The average molecular weight is 1340 g/mol. The van der Waals surface area contributed by atoms with Crippen LogP contribution in [-0.4, -0.2) is 0 Å². The van der Waals surface area contributed by atoms with Crippen molar-refractivity contribution in [1.82, 2.24) is 0 Å². The van der Waals surface area contributed by atoms with Crippen LogP contribution in [0.25, 0.3) is 90.5 Å². The van der Waals surface area contributed by atoms with Crippen molar-refractivity contribution in [2.45, 2.75) is 311 Å². The summed E-state index contributed by atoms with van der Waals surface area (Å²) < 4.78 is 8.89. The maximum absolute atomic E-state index is 2.68. The van der Waals surface area contributed by atoms with Crippen LogP contribution in [0, 0.1) is 25.7 Å². The van der Waals surface area contributed by atoms with Gasteiger partial charge in [-0.25, -0.2) is 0 Å². The van der Waals surface area contributed by atoms with E-state index in [1.807, 2.05) is 11.3 Å². The first kappa shape index (κ1) is 71.4. The van der Waals surface area contributed by atoms with E-state index in [0.29, 0.717) is 0 Å². The Labute approximate surface area is 583 Å². The molecule has 2 atom stereocenters. The zero-order valence-corrected chi connectivity index (χ0v) is 63.3. The predicted molar refractivity (Wildman–Crippen MR) is 426 cm³/mol. The molecule has 0 bridgehead atoms. The molecule has 0 spiro atoms. The Hall–Kier alpha value is -3.36. The zero-order chi connectivity index (χ0) is 63.7. The smallest absolute Gasteiger partial charge is 0.0636 e. The van der Waals surface area contributed by atoms with Gasteiger partial charge in [0.15, 0.2) is 0 Å². The fourth-order valence-corrected chi connectivity index (χ4v) is 23.2. The molecule has 6 heterocycles.